The molecule has 0 aliphatic carbocycles. The van der Waals surface area contributed by atoms with Gasteiger partial charge in [-0.15, -0.1) is 0 Å². The van der Waals surface area contributed by atoms with Gasteiger partial charge in [-0.1, -0.05) is 46.3 Å². The molecule has 2 aromatic carbocycles. The van der Waals surface area contributed by atoms with Crippen molar-refractivity contribution in [1.82, 2.24) is 0 Å². The topological polar surface area (TPSA) is 18.5 Å². The maximum atomic E-state index is 6.19. The van der Waals surface area contributed by atoms with Crippen LogP contribution in [0, 0.1) is 20.8 Å². The second-order valence-corrected chi connectivity index (χ2v) is 7.00. The average molecular weight is 375 g/mol. The lowest BCUT2D eigenvalue weighted by atomic mass is 9.95. The molecule has 0 fully saturated rings. The van der Waals surface area contributed by atoms with E-state index in [4.69, 9.17) is 9.47 Å². The number of benzene rings is 2. The molecule has 0 saturated heterocycles. The van der Waals surface area contributed by atoms with E-state index >= 15 is 0 Å². The second kappa shape index (κ2) is 6.96. The predicted octanol–water partition coefficient (Wildman–Crippen LogP) is 5.28. The summed E-state index contributed by atoms with van der Waals surface area (Å²) < 4.78 is 12.4. The van der Waals surface area contributed by atoms with Crippen molar-refractivity contribution in [3.8, 4) is 11.5 Å². The summed E-state index contributed by atoms with van der Waals surface area (Å²) in [6, 6.07) is 10.3. The van der Waals surface area contributed by atoms with Crippen LogP contribution in [0.3, 0.4) is 0 Å². The second-order valence-electron chi connectivity index (χ2n) is 6.21. The van der Waals surface area contributed by atoms with Gasteiger partial charge < -0.3 is 9.47 Å². The molecule has 23 heavy (non-hydrogen) atoms. The number of rotatable bonds is 5. The monoisotopic (exact) mass is 374 g/mol. The van der Waals surface area contributed by atoms with Crippen LogP contribution in [-0.2, 0) is 13.0 Å². The van der Waals surface area contributed by atoms with Gasteiger partial charge in [0.2, 0.25) is 0 Å². The number of alkyl halides is 1. The third-order valence-electron chi connectivity index (χ3n) is 4.68. The van der Waals surface area contributed by atoms with Crippen molar-refractivity contribution < 1.29 is 9.47 Å². The van der Waals surface area contributed by atoms with Gasteiger partial charge >= 0.3 is 0 Å². The molecule has 1 aliphatic heterocycles. The minimum Gasteiger partial charge on any atom is -0.489 e. The molecule has 0 spiro atoms. The van der Waals surface area contributed by atoms with Crippen LogP contribution < -0.4 is 9.47 Å². The number of ether oxygens (including phenoxy) is 2. The molecule has 0 saturated carbocycles. The SMILES string of the molecule is Cc1c(C)c2c(c(C)c1OCc1ccccc1)C[C@@H](CCBr)O2. The van der Waals surface area contributed by atoms with E-state index in [9.17, 15) is 0 Å². The summed E-state index contributed by atoms with van der Waals surface area (Å²) in [6.45, 7) is 7.03. The van der Waals surface area contributed by atoms with Gasteiger partial charge in [0.25, 0.3) is 0 Å². The summed E-state index contributed by atoms with van der Waals surface area (Å²) in [5, 5.41) is 0.972. The van der Waals surface area contributed by atoms with E-state index in [1.54, 1.807) is 0 Å². The third-order valence-corrected chi connectivity index (χ3v) is 5.14. The van der Waals surface area contributed by atoms with Crippen LogP contribution in [0.1, 0.15) is 34.2 Å². The Hall–Kier alpha value is -1.48. The highest BCUT2D eigenvalue weighted by Gasteiger charge is 2.29. The van der Waals surface area contributed by atoms with E-state index in [0.29, 0.717) is 6.61 Å². The lowest BCUT2D eigenvalue weighted by Gasteiger charge is -2.18. The van der Waals surface area contributed by atoms with Gasteiger partial charge in [0, 0.05) is 17.3 Å². The molecule has 1 atom stereocenters. The summed E-state index contributed by atoms with van der Waals surface area (Å²) in [5.74, 6) is 2.10. The smallest absolute Gasteiger partial charge is 0.126 e. The lowest BCUT2D eigenvalue weighted by Crippen LogP contribution is -2.13. The van der Waals surface area contributed by atoms with Crippen molar-refractivity contribution in [2.24, 2.45) is 0 Å². The molecule has 0 bridgehead atoms. The van der Waals surface area contributed by atoms with E-state index in [0.717, 1.165) is 29.7 Å². The van der Waals surface area contributed by atoms with Crippen molar-refractivity contribution in [2.45, 2.75) is 46.3 Å². The summed E-state index contributed by atoms with van der Waals surface area (Å²) in [4.78, 5) is 0. The number of hydrogen-bond acceptors (Lipinski definition) is 2. The molecule has 0 radical (unpaired) electrons. The van der Waals surface area contributed by atoms with Crippen LogP contribution in [0.15, 0.2) is 30.3 Å². The molecule has 0 N–H and O–H groups in total. The first kappa shape index (κ1) is 16.4. The Morgan fingerprint density at radius 1 is 1.09 bits per heavy atom. The third kappa shape index (κ3) is 3.25. The molecule has 3 heteroatoms. The van der Waals surface area contributed by atoms with Crippen LogP contribution in [0.4, 0.5) is 0 Å². The van der Waals surface area contributed by atoms with Crippen molar-refractivity contribution in [2.75, 3.05) is 5.33 Å². The van der Waals surface area contributed by atoms with Crippen LogP contribution in [0.2, 0.25) is 0 Å². The Morgan fingerprint density at radius 2 is 1.83 bits per heavy atom. The zero-order valence-electron chi connectivity index (χ0n) is 14.0. The fraction of sp³-hybridized carbons (Fsp3) is 0.400. The van der Waals surface area contributed by atoms with E-state index in [-0.39, 0.29) is 6.10 Å². The Labute approximate surface area is 146 Å². The van der Waals surface area contributed by atoms with E-state index in [1.165, 1.54) is 27.8 Å². The fourth-order valence-corrected chi connectivity index (χ4v) is 3.74. The summed E-state index contributed by atoms with van der Waals surface area (Å²) in [6.07, 6.45) is 2.30. The highest BCUT2D eigenvalue weighted by Crippen LogP contribution is 2.43. The van der Waals surface area contributed by atoms with Crippen molar-refractivity contribution in [3.05, 3.63) is 58.1 Å². The Kier molecular flexibility index (Phi) is 4.96. The van der Waals surface area contributed by atoms with Gasteiger partial charge in [-0.3, -0.25) is 0 Å². The molecular weight excluding hydrogens is 352 g/mol. The number of hydrogen-bond donors (Lipinski definition) is 0. The molecule has 1 aliphatic rings. The molecule has 122 valence electrons. The van der Waals surface area contributed by atoms with Gasteiger partial charge in [0.1, 0.15) is 24.2 Å². The normalized spacial score (nSPS) is 16.1. The molecule has 0 amide bonds. The molecule has 3 rings (SSSR count). The minimum absolute atomic E-state index is 0.283. The van der Waals surface area contributed by atoms with E-state index < -0.39 is 0 Å². The van der Waals surface area contributed by atoms with Crippen molar-refractivity contribution in [3.63, 3.8) is 0 Å². The Balaban J connectivity index is 1.88. The van der Waals surface area contributed by atoms with Crippen LogP contribution in [-0.4, -0.2) is 11.4 Å². The number of halogens is 1. The zero-order valence-corrected chi connectivity index (χ0v) is 15.6. The molecule has 2 aromatic rings. The van der Waals surface area contributed by atoms with E-state index in [2.05, 4.69) is 48.8 Å². The molecular formula is C20H23BrO2. The van der Waals surface area contributed by atoms with Gasteiger partial charge in [-0.05, 0) is 49.4 Å². The molecule has 0 aromatic heterocycles. The van der Waals surface area contributed by atoms with Crippen LogP contribution >= 0.6 is 15.9 Å². The predicted molar refractivity (Wildman–Crippen MR) is 98.0 cm³/mol. The fourth-order valence-electron chi connectivity index (χ4n) is 3.23. The summed E-state index contributed by atoms with van der Waals surface area (Å²) >= 11 is 3.52. The first-order chi connectivity index (χ1) is 11.1. The Morgan fingerprint density at radius 3 is 2.52 bits per heavy atom. The lowest BCUT2D eigenvalue weighted by molar-refractivity contribution is 0.228. The highest BCUT2D eigenvalue weighted by atomic mass is 79.9. The average Bonchev–Trinajstić information content (AvgIpc) is 2.98. The standard InChI is InChI=1S/C20H23BrO2/c1-13-14(2)20-18(11-17(23-20)9-10-21)15(3)19(13)22-12-16-7-5-4-6-8-16/h4-8,17H,9-12H2,1-3H3/t17-/m1/s1. The van der Waals surface area contributed by atoms with E-state index in [1.807, 2.05) is 18.2 Å². The highest BCUT2D eigenvalue weighted by molar-refractivity contribution is 9.09. The van der Waals surface area contributed by atoms with Crippen LogP contribution in [0.25, 0.3) is 0 Å². The summed E-state index contributed by atoms with van der Waals surface area (Å²) in [5.41, 5.74) is 6.15. The quantitative estimate of drug-likeness (QED) is 0.662. The number of fused-ring (bicyclic) bond motifs is 1. The Bertz CT molecular complexity index is 695. The first-order valence-corrected chi connectivity index (χ1v) is 9.26. The van der Waals surface area contributed by atoms with Crippen molar-refractivity contribution in [1.29, 1.82) is 0 Å². The minimum atomic E-state index is 0.283. The summed E-state index contributed by atoms with van der Waals surface area (Å²) in [7, 11) is 0. The maximum absolute atomic E-state index is 6.19. The molecule has 2 nitrogen and oxygen atoms in total. The van der Waals surface area contributed by atoms with Gasteiger partial charge in [-0.25, -0.2) is 0 Å². The molecule has 1 heterocycles. The maximum Gasteiger partial charge on any atom is 0.126 e. The van der Waals surface area contributed by atoms with Crippen LogP contribution in [0.5, 0.6) is 11.5 Å². The van der Waals surface area contributed by atoms with Crippen molar-refractivity contribution >= 4 is 15.9 Å². The van der Waals surface area contributed by atoms with Gasteiger partial charge in [-0.2, -0.15) is 0 Å². The first-order valence-electron chi connectivity index (χ1n) is 8.13. The largest absolute Gasteiger partial charge is 0.489 e. The van der Waals surface area contributed by atoms with Gasteiger partial charge in [0.05, 0.1) is 0 Å². The zero-order chi connectivity index (χ0) is 16.4. The van der Waals surface area contributed by atoms with Gasteiger partial charge in [0.15, 0.2) is 0 Å². The molecule has 0 unspecified atom stereocenters.